The van der Waals surface area contributed by atoms with Crippen molar-refractivity contribution in [3.05, 3.63) is 34.3 Å². The molecule has 0 saturated carbocycles. The summed E-state index contributed by atoms with van der Waals surface area (Å²) in [5.74, 6) is 0. The van der Waals surface area contributed by atoms with Gasteiger partial charge >= 0.3 is 0 Å². The van der Waals surface area contributed by atoms with Crippen molar-refractivity contribution in [3.63, 3.8) is 0 Å². The third kappa shape index (κ3) is 5.04. The molecule has 0 amide bonds. The van der Waals surface area contributed by atoms with Gasteiger partial charge in [0, 0.05) is 15.8 Å². The number of aliphatic hydroxyl groups is 1. The molecule has 0 unspecified atom stereocenters. The minimum atomic E-state index is -1.21. The Bertz CT molecular complexity index is 448. The fraction of sp³-hybridized carbons (Fsp3) is 0.600. The molecule has 0 fully saturated rings. The van der Waals surface area contributed by atoms with Crippen molar-refractivity contribution < 1.29 is 9.66 Å². The van der Waals surface area contributed by atoms with Gasteiger partial charge in [0.2, 0.25) is 0 Å². The second kappa shape index (κ2) is 6.79. The minimum Gasteiger partial charge on any atom is -0.598 e. The van der Waals surface area contributed by atoms with Crippen molar-refractivity contribution >= 4 is 27.3 Å². The largest absolute Gasteiger partial charge is 0.598 e. The maximum absolute atomic E-state index is 12.4. The lowest BCUT2D eigenvalue weighted by atomic mass is 9.88. The van der Waals surface area contributed by atoms with Crippen LogP contribution in [0.15, 0.2) is 28.7 Å². The predicted molar refractivity (Wildman–Crippen MR) is 88.8 cm³/mol. The molecule has 0 bridgehead atoms. The van der Waals surface area contributed by atoms with Crippen LogP contribution in [0.1, 0.15) is 46.6 Å². The summed E-state index contributed by atoms with van der Waals surface area (Å²) < 4.78 is 16.2. The molecule has 0 saturated heterocycles. The number of hydrogen-bond acceptors (Lipinski definition) is 3. The molecule has 20 heavy (non-hydrogen) atoms. The zero-order valence-corrected chi connectivity index (χ0v) is 15.1. The summed E-state index contributed by atoms with van der Waals surface area (Å²) in [5.41, 5.74) is 0.459. The Labute approximate surface area is 133 Å². The lowest BCUT2D eigenvalue weighted by Crippen LogP contribution is -2.51. The summed E-state index contributed by atoms with van der Waals surface area (Å²) in [6, 6.07) is 7.88. The molecule has 0 radical (unpaired) electrons. The van der Waals surface area contributed by atoms with Crippen LogP contribution in [-0.2, 0) is 16.9 Å². The SMILES string of the molecule is C[C@@H](O)C[C@](C)(N[S@+]([O-])C(C)(C)C)c1cccc(Br)c1. The number of rotatable bonds is 5. The fourth-order valence-corrected chi connectivity index (χ4v) is 3.31. The van der Waals surface area contributed by atoms with Crippen molar-refractivity contribution in [1.82, 2.24) is 4.72 Å². The molecule has 0 spiro atoms. The van der Waals surface area contributed by atoms with Crippen molar-refractivity contribution in [1.29, 1.82) is 0 Å². The molecule has 114 valence electrons. The summed E-state index contributed by atoms with van der Waals surface area (Å²) in [6.07, 6.45) is 0.00843. The van der Waals surface area contributed by atoms with Gasteiger partial charge in [-0.2, -0.15) is 0 Å². The van der Waals surface area contributed by atoms with Gasteiger partial charge in [0.25, 0.3) is 0 Å². The van der Waals surface area contributed by atoms with Crippen molar-refractivity contribution in [3.8, 4) is 0 Å². The summed E-state index contributed by atoms with van der Waals surface area (Å²) in [4.78, 5) is 0. The van der Waals surface area contributed by atoms with Gasteiger partial charge in [-0.05, 0) is 58.7 Å². The molecule has 0 heterocycles. The molecule has 1 rings (SSSR count). The highest BCUT2D eigenvalue weighted by molar-refractivity contribution is 9.10. The van der Waals surface area contributed by atoms with E-state index in [1.165, 1.54) is 0 Å². The Morgan fingerprint density at radius 1 is 1.35 bits per heavy atom. The van der Waals surface area contributed by atoms with Gasteiger partial charge in [0.15, 0.2) is 0 Å². The van der Waals surface area contributed by atoms with E-state index in [0.717, 1.165) is 10.0 Å². The topological polar surface area (TPSA) is 55.3 Å². The van der Waals surface area contributed by atoms with Crippen LogP contribution < -0.4 is 4.72 Å². The van der Waals surface area contributed by atoms with E-state index in [2.05, 4.69) is 20.7 Å². The first-order valence-corrected chi connectivity index (χ1v) is 8.63. The predicted octanol–water partition coefficient (Wildman–Crippen LogP) is 3.49. The summed E-state index contributed by atoms with van der Waals surface area (Å²) >= 11 is 2.25. The molecule has 0 aromatic heterocycles. The lowest BCUT2D eigenvalue weighted by Gasteiger charge is -2.36. The van der Waals surface area contributed by atoms with Gasteiger partial charge < -0.3 is 9.66 Å². The van der Waals surface area contributed by atoms with Crippen LogP contribution in [-0.4, -0.2) is 20.5 Å². The van der Waals surface area contributed by atoms with E-state index in [1.807, 2.05) is 52.0 Å². The van der Waals surface area contributed by atoms with Gasteiger partial charge in [0.1, 0.15) is 4.75 Å². The summed E-state index contributed by atoms with van der Waals surface area (Å²) in [6.45, 7) is 9.52. The third-order valence-corrected chi connectivity index (χ3v) is 5.28. The van der Waals surface area contributed by atoms with Crippen molar-refractivity contribution in [2.45, 2.75) is 57.4 Å². The average molecular weight is 362 g/mol. The van der Waals surface area contributed by atoms with Crippen molar-refractivity contribution in [2.75, 3.05) is 0 Å². The highest BCUT2D eigenvalue weighted by Crippen LogP contribution is 2.31. The Morgan fingerprint density at radius 3 is 2.40 bits per heavy atom. The Balaban J connectivity index is 3.09. The summed E-state index contributed by atoms with van der Waals surface area (Å²) in [7, 11) is 0. The molecular formula is C15H24BrNO2S. The van der Waals surface area contributed by atoms with Crippen LogP contribution >= 0.6 is 15.9 Å². The first-order valence-electron chi connectivity index (χ1n) is 6.68. The number of halogens is 1. The van der Waals surface area contributed by atoms with Gasteiger partial charge in [-0.3, -0.25) is 0 Å². The number of hydrogen-bond donors (Lipinski definition) is 2. The van der Waals surface area contributed by atoms with Crippen LogP contribution in [0.2, 0.25) is 0 Å². The summed E-state index contributed by atoms with van der Waals surface area (Å²) in [5, 5.41) is 9.78. The maximum Gasteiger partial charge on any atom is 0.136 e. The molecular weight excluding hydrogens is 338 g/mol. The monoisotopic (exact) mass is 361 g/mol. The molecule has 3 atom stereocenters. The quantitative estimate of drug-likeness (QED) is 0.789. The van der Waals surface area contributed by atoms with Gasteiger partial charge in [-0.25, -0.2) is 0 Å². The van der Waals surface area contributed by atoms with E-state index in [-0.39, 0.29) is 4.75 Å². The zero-order valence-electron chi connectivity index (χ0n) is 12.7. The smallest absolute Gasteiger partial charge is 0.136 e. The molecule has 2 N–H and O–H groups in total. The Morgan fingerprint density at radius 2 is 1.95 bits per heavy atom. The molecule has 0 aliphatic rings. The second-order valence-corrected chi connectivity index (χ2v) is 9.26. The van der Waals surface area contributed by atoms with Crippen molar-refractivity contribution in [2.24, 2.45) is 0 Å². The molecule has 0 aliphatic carbocycles. The fourth-order valence-electron chi connectivity index (χ4n) is 2.00. The van der Waals surface area contributed by atoms with Gasteiger partial charge in [-0.1, -0.05) is 28.1 Å². The molecule has 1 aromatic carbocycles. The molecule has 5 heteroatoms. The van der Waals surface area contributed by atoms with E-state index in [0.29, 0.717) is 6.42 Å². The zero-order chi connectivity index (χ0) is 15.6. The molecule has 1 aromatic rings. The van der Waals surface area contributed by atoms with E-state index >= 15 is 0 Å². The standard InChI is InChI=1S/C15H24BrNO2S/c1-11(18)10-15(5,17-20(19)14(2,3)4)12-7-6-8-13(16)9-12/h6-9,11,17-18H,10H2,1-5H3/t11-,15+,20-/m1/s1. The van der Waals surface area contributed by atoms with Crippen LogP contribution in [0.4, 0.5) is 0 Å². The highest BCUT2D eigenvalue weighted by Gasteiger charge is 2.37. The number of nitrogens with one attached hydrogen (secondary N) is 1. The average Bonchev–Trinajstić information content (AvgIpc) is 2.26. The van der Waals surface area contributed by atoms with Crippen LogP contribution in [0.25, 0.3) is 0 Å². The Hall–Kier alpha value is -0.0700. The van der Waals surface area contributed by atoms with Gasteiger partial charge in [-0.15, -0.1) is 4.72 Å². The normalized spacial score (nSPS) is 18.4. The maximum atomic E-state index is 12.4. The van der Waals surface area contributed by atoms with E-state index in [1.54, 1.807) is 6.92 Å². The first kappa shape index (κ1) is 18.0. The highest BCUT2D eigenvalue weighted by atomic mass is 79.9. The number of aliphatic hydroxyl groups excluding tert-OH is 1. The first-order chi connectivity index (χ1) is 9.04. The Kier molecular flexibility index (Phi) is 6.11. The lowest BCUT2D eigenvalue weighted by molar-refractivity contribution is 0.147. The third-order valence-electron chi connectivity index (χ3n) is 3.04. The molecule has 0 aliphatic heterocycles. The van der Waals surface area contributed by atoms with Crippen LogP contribution in [0, 0.1) is 0 Å². The van der Waals surface area contributed by atoms with E-state index < -0.39 is 23.0 Å². The molecule has 3 nitrogen and oxygen atoms in total. The van der Waals surface area contributed by atoms with E-state index in [4.69, 9.17) is 0 Å². The van der Waals surface area contributed by atoms with Crippen LogP contribution in [0.3, 0.4) is 0 Å². The van der Waals surface area contributed by atoms with Crippen LogP contribution in [0.5, 0.6) is 0 Å². The minimum absolute atomic E-state index is 0.355. The number of benzene rings is 1. The van der Waals surface area contributed by atoms with Gasteiger partial charge in [0.05, 0.1) is 11.6 Å². The second-order valence-electron chi connectivity index (χ2n) is 6.38. The van der Waals surface area contributed by atoms with E-state index in [9.17, 15) is 9.66 Å².